The van der Waals surface area contributed by atoms with Crippen LogP contribution >= 0.6 is 0 Å². The third kappa shape index (κ3) is 3.95. The summed E-state index contributed by atoms with van der Waals surface area (Å²) in [5.74, 6) is 0.802. The van der Waals surface area contributed by atoms with Crippen molar-refractivity contribution in [1.82, 2.24) is 15.5 Å². The molecule has 2 rings (SSSR count). The number of nitrogens with zero attached hydrogens (tertiary/aromatic N) is 1. The van der Waals surface area contributed by atoms with Gasteiger partial charge in [-0.3, -0.25) is 4.79 Å². The molecular formula is C14H27N3O. The third-order valence-corrected chi connectivity index (χ3v) is 4.35. The van der Waals surface area contributed by atoms with E-state index in [1.54, 1.807) is 0 Å². The summed E-state index contributed by atoms with van der Waals surface area (Å²) in [6, 6.07) is 0.935. The van der Waals surface area contributed by atoms with E-state index in [4.69, 9.17) is 0 Å². The zero-order valence-electron chi connectivity index (χ0n) is 11.7. The zero-order valence-corrected chi connectivity index (χ0v) is 11.7. The summed E-state index contributed by atoms with van der Waals surface area (Å²) >= 11 is 0. The van der Waals surface area contributed by atoms with Gasteiger partial charge in [0.2, 0.25) is 5.91 Å². The van der Waals surface area contributed by atoms with Gasteiger partial charge in [-0.2, -0.15) is 0 Å². The van der Waals surface area contributed by atoms with E-state index in [0.717, 1.165) is 32.4 Å². The molecule has 1 saturated carbocycles. The molecule has 2 atom stereocenters. The lowest BCUT2D eigenvalue weighted by atomic mass is 9.94. The Morgan fingerprint density at radius 2 is 2.00 bits per heavy atom. The lowest BCUT2D eigenvalue weighted by Gasteiger charge is -2.35. The normalized spacial score (nSPS) is 30.6. The maximum absolute atomic E-state index is 11.8. The molecule has 0 radical (unpaired) electrons. The average molecular weight is 253 g/mol. The molecule has 4 nitrogen and oxygen atoms in total. The molecular weight excluding hydrogens is 226 g/mol. The van der Waals surface area contributed by atoms with E-state index in [1.165, 1.54) is 12.8 Å². The summed E-state index contributed by atoms with van der Waals surface area (Å²) in [6.07, 6.45) is 6.01. The van der Waals surface area contributed by atoms with Crippen molar-refractivity contribution in [3.8, 4) is 0 Å². The van der Waals surface area contributed by atoms with Crippen LogP contribution in [0.1, 0.15) is 39.0 Å². The predicted molar refractivity (Wildman–Crippen MR) is 73.5 cm³/mol. The molecule has 1 aliphatic heterocycles. The van der Waals surface area contributed by atoms with Crippen molar-refractivity contribution in [2.45, 2.75) is 51.1 Å². The summed E-state index contributed by atoms with van der Waals surface area (Å²) in [4.78, 5) is 14.2. The van der Waals surface area contributed by atoms with Crippen LogP contribution in [0.3, 0.4) is 0 Å². The van der Waals surface area contributed by atoms with Gasteiger partial charge in [-0.1, -0.05) is 19.8 Å². The molecule has 2 N–H and O–H groups in total. The van der Waals surface area contributed by atoms with Crippen molar-refractivity contribution in [2.24, 2.45) is 5.92 Å². The van der Waals surface area contributed by atoms with Crippen molar-refractivity contribution < 1.29 is 4.79 Å². The fourth-order valence-corrected chi connectivity index (χ4v) is 3.23. The molecule has 0 aromatic carbocycles. The maximum atomic E-state index is 11.8. The molecule has 104 valence electrons. The largest absolute Gasteiger partial charge is 0.352 e. The van der Waals surface area contributed by atoms with Gasteiger partial charge in [-0.05, 0) is 38.8 Å². The fraction of sp³-hybridized carbons (Fsp3) is 0.929. The second-order valence-corrected chi connectivity index (χ2v) is 6.06. The van der Waals surface area contributed by atoms with Crippen LogP contribution in [0.15, 0.2) is 0 Å². The van der Waals surface area contributed by atoms with Crippen LogP contribution in [0, 0.1) is 5.92 Å². The SMILES string of the molecule is CC1CN(C)CCC1NCC(=O)NC1CCCC1. The Hall–Kier alpha value is -0.610. The van der Waals surface area contributed by atoms with Crippen LogP contribution in [0.25, 0.3) is 0 Å². The Kier molecular flexibility index (Phi) is 5.01. The number of carbonyl (C=O) groups is 1. The van der Waals surface area contributed by atoms with Crippen molar-refractivity contribution in [3.63, 3.8) is 0 Å². The number of rotatable bonds is 4. The highest BCUT2D eigenvalue weighted by Gasteiger charge is 2.24. The van der Waals surface area contributed by atoms with Crippen LogP contribution < -0.4 is 10.6 Å². The number of hydrogen-bond acceptors (Lipinski definition) is 3. The van der Waals surface area contributed by atoms with Gasteiger partial charge in [0.1, 0.15) is 0 Å². The maximum Gasteiger partial charge on any atom is 0.234 e. The predicted octanol–water partition coefficient (Wildman–Crippen LogP) is 0.975. The van der Waals surface area contributed by atoms with Crippen LogP contribution in [0.5, 0.6) is 0 Å². The Morgan fingerprint density at radius 1 is 1.28 bits per heavy atom. The Labute approximate surface area is 110 Å². The Morgan fingerprint density at radius 3 is 2.67 bits per heavy atom. The van der Waals surface area contributed by atoms with Crippen molar-refractivity contribution in [3.05, 3.63) is 0 Å². The lowest BCUT2D eigenvalue weighted by molar-refractivity contribution is -0.121. The van der Waals surface area contributed by atoms with E-state index in [2.05, 4.69) is 29.5 Å². The zero-order chi connectivity index (χ0) is 13.0. The summed E-state index contributed by atoms with van der Waals surface area (Å²) < 4.78 is 0. The minimum Gasteiger partial charge on any atom is -0.352 e. The lowest BCUT2D eigenvalue weighted by Crippen LogP contribution is -2.50. The minimum absolute atomic E-state index is 0.174. The summed E-state index contributed by atoms with van der Waals surface area (Å²) in [5.41, 5.74) is 0. The van der Waals surface area contributed by atoms with Crippen LogP contribution in [-0.4, -0.2) is 49.6 Å². The highest BCUT2D eigenvalue weighted by atomic mass is 16.2. The number of carbonyl (C=O) groups excluding carboxylic acids is 1. The molecule has 1 aliphatic carbocycles. The smallest absolute Gasteiger partial charge is 0.234 e. The topological polar surface area (TPSA) is 44.4 Å². The highest BCUT2D eigenvalue weighted by molar-refractivity contribution is 5.78. The van der Waals surface area contributed by atoms with Gasteiger partial charge in [0, 0.05) is 18.6 Å². The van der Waals surface area contributed by atoms with E-state index in [1.807, 2.05) is 0 Å². The Balaban J connectivity index is 1.65. The van der Waals surface area contributed by atoms with Gasteiger partial charge in [0.25, 0.3) is 0 Å². The van der Waals surface area contributed by atoms with Crippen LogP contribution in [-0.2, 0) is 4.79 Å². The average Bonchev–Trinajstić information content (AvgIpc) is 2.80. The number of nitrogens with one attached hydrogen (secondary N) is 2. The second-order valence-electron chi connectivity index (χ2n) is 6.06. The molecule has 2 unspecified atom stereocenters. The molecule has 0 spiro atoms. The van der Waals surface area contributed by atoms with Gasteiger partial charge in [0.05, 0.1) is 6.54 Å². The van der Waals surface area contributed by atoms with Crippen LogP contribution in [0.2, 0.25) is 0 Å². The van der Waals surface area contributed by atoms with E-state index < -0.39 is 0 Å². The van der Waals surface area contributed by atoms with Gasteiger partial charge >= 0.3 is 0 Å². The highest BCUT2D eigenvalue weighted by Crippen LogP contribution is 2.17. The second kappa shape index (κ2) is 6.53. The minimum atomic E-state index is 0.174. The van der Waals surface area contributed by atoms with Crippen molar-refractivity contribution >= 4 is 5.91 Å². The molecule has 2 fully saturated rings. The van der Waals surface area contributed by atoms with E-state index in [-0.39, 0.29) is 5.91 Å². The van der Waals surface area contributed by atoms with E-state index >= 15 is 0 Å². The van der Waals surface area contributed by atoms with Gasteiger partial charge in [0.15, 0.2) is 0 Å². The monoisotopic (exact) mass is 253 g/mol. The Bertz CT molecular complexity index is 276. The summed E-state index contributed by atoms with van der Waals surface area (Å²) in [5, 5.41) is 6.56. The fourth-order valence-electron chi connectivity index (χ4n) is 3.23. The van der Waals surface area contributed by atoms with Gasteiger partial charge < -0.3 is 15.5 Å². The van der Waals surface area contributed by atoms with Gasteiger partial charge in [-0.15, -0.1) is 0 Å². The molecule has 0 bridgehead atoms. The molecule has 1 amide bonds. The molecule has 18 heavy (non-hydrogen) atoms. The molecule has 0 aromatic rings. The summed E-state index contributed by atoms with van der Waals surface area (Å²) in [7, 11) is 2.17. The number of piperidine rings is 1. The summed E-state index contributed by atoms with van der Waals surface area (Å²) in [6.45, 7) is 5.01. The molecule has 0 aromatic heterocycles. The molecule has 2 aliphatic rings. The first-order valence-corrected chi connectivity index (χ1v) is 7.36. The van der Waals surface area contributed by atoms with Crippen molar-refractivity contribution in [2.75, 3.05) is 26.7 Å². The van der Waals surface area contributed by atoms with Crippen LogP contribution in [0.4, 0.5) is 0 Å². The number of amides is 1. The van der Waals surface area contributed by atoms with E-state index in [9.17, 15) is 4.79 Å². The van der Waals surface area contributed by atoms with Crippen molar-refractivity contribution in [1.29, 1.82) is 0 Å². The first kappa shape index (κ1) is 13.8. The number of likely N-dealkylation sites (tertiary alicyclic amines) is 1. The standard InChI is InChI=1S/C14H27N3O/c1-11-10-17(2)8-7-13(11)15-9-14(18)16-12-5-3-4-6-12/h11-13,15H,3-10H2,1-2H3,(H,16,18). The molecule has 4 heteroatoms. The van der Waals surface area contributed by atoms with E-state index in [0.29, 0.717) is 24.5 Å². The van der Waals surface area contributed by atoms with Gasteiger partial charge in [-0.25, -0.2) is 0 Å². The molecule has 1 saturated heterocycles. The first-order chi connectivity index (χ1) is 8.65. The third-order valence-electron chi connectivity index (χ3n) is 4.35. The molecule has 1 heterocycles. The first-order valence-electron chi connectivity index (χ1n) is 7.36. The quantitative estimate of drug-likeness (QED) is 0.785. The number of hydrogen-bond donors (Lipinski definition) is 2.